The highest BCUT2D eigenvalue weighted by Crippen LogP contribution is 2.07. The van der Waals surface area contributed by atoms with Crippen LogP contribution in [-0.4, -0.2) is 25.3 Å². The summed E-state index contributed by atoms with van der Waals surface area (Å²) in [4.78, 5) is 11.3. The zero-order valence-corrected chi connectivity index (χ0v) is 11.6. The number of carbonyl (C=O) groups excluding carboxylic acids is 1. The highest BCUT2D eigenvalue weighted by atomic mass is 16.6. The summed E-state index contributed by atoms with van der Waals surface area (Å²) in [6.07, 6.45) is 4.36. The Morgan fingerprint density at radius 1 is 1.29 bits per heavy atom. The molecule has 1 N–H and O–H groups in total. The van der Waals surface area contributed by atoms with E-state index in [2.05, 4.69) is 5.32 Å². The Hall–Kier alpha value is -1.19. The van der Waals surface area contributed by atoms with Crippen LogP contribution in [0.2, 0.25) is 0 Å². The summed E-state index contributed by atoms with van der Waals surface area (Å²) in [5, 5.41) is 2.73. The normalized spacial score (nSPS) is 12.2. The second-order valence-electron chi connectivity index (χ2n) is 5.09. The number of nitrogens with one attached hydrogen (secondary N) is 1. The van der Waals surface area contributed by atoms with Gasteiger partial charge in [0.05, 0.1) is 13.4 Å². The van der Waals surface area contributed by atoms with E-state index in [9.17, 15) is 4.79 Å². The molecule has 4 heteroatoms. The molecule has 17 heavy (non-hydrogen) atoms. The lowest BCUT2D eigenvalue weighted by molar-refractivity contribution is 0.0527. The Morgan fingerprint density at radius 3 is 2.47 bits per heavy atom. The minimum Gasteiger partial charge on any atom is -0.504 e. The second-order valence-corrected chi connectivity index (χ2v) is 5.09. The molecule has 0 rings (SSSR count). The van der Waals surface area contributed by atoms with Gasteiger partial charge in [0.15, 0.2) is 0 Å². The van der Waals surface area contributed by atoms with Crippen LogP contribution in [0.15, 0.2) is 11.8 Å². The summed E-state index contributed by atoms with van der Waals surface area (Å²) in [5.74, 6) is 0. The first-order chi connectivity index (χ1) is 7.85. The summed E-state index contributed by atoms with van der Waals surface area (Å²) in [6.45, 7) is 8.24. The number of hydrogen-bond donors (Lipinski definition) is 1. The third-order valence-electron chi connectivity index (χ3n) is 1.99. The SMILES string of the molecule is CO/C=C(\C)CCCCNC(=O)OC(C)(C)C. The molecule has 0 spiro atoms. The van der Waals surface area contributed by atoms with Gasteiger partial charge in [0.1, 0.15) is 5.60 Å². The quantitative estimate of drug-likeness (QED) is 0.575. The molecule has 0 aromatic heterocycles. The van der Waals surface area contributed by atoms with Gasteiger partial charge in [-0.3, -0.25) is 0 Å². The van der Waals surface area contributed by atoms with Gasteiger partial charge in [-0.25, -0.2) is 4.79 Å². The van der Waals surface area contributed by atoms with Gasteiger partial charge in [-0.1, -0.05) is 0 Å². The van der Waals surface area contributed by atoms with Crippen LogP contribution >= 0.6 is 0 Å². The van der Waals surface area contributed by atoms with Crippen LogP contribution in [0.1, 0.15) is 47.0 Å². The molecular weight excluding hydrogens is 218 g/mol. The van der Waals surface area contributed by atoms with Crippen molar-refractivity contribution in [2.75, 3.05) is 13.7 Å². The van der Waals surface area contributed by atoms with E-state index in [1.54, 1.807) is 13.4 Å². The number of alkyl carbamates (subject to hydrolysis) is 1. The molecule has 0 unspecified atom stereocenters. The van der Waals surface area contributed by atoms with Crippen molar-refractivity contribution >= 4 is 6.09 Å². The van der Waals surface area contributed by atoms with E-state index in [1.807, 2.05) is 27.7 Å². The fourth-order valence-corrected chi connectivity index (χ4v) is 1.29. The van der Waals surface area contributed by atoms with Crippen LogP contribution in [0, 0.1) is 0 Å². The lowest BCUT2D eigenvalue weighted by Gasteiger charge is -2.19. The monoisotopic (exact) mass is 243 g/mol. The standard InChI is InChI=1S/C13H25NO3/c1-11(10-16-5)8-6-7-9-14-12(15)17-13(2,3)4/h10H,6-9H2,1-5H3,(H,14,15)/b11-10+. The number of allylic oxidation sites excluding steroid dienone is 1. The van der Waals surface area contributed by atoms with E-state index in [4.69, 9.17) is 9.47 Å². The first kappa shape index (κ1) is 15.8. The van der Waals surface area contributed by atoms with Crippen molar-refractivity contribution < 1.29 is 14.3 Å². The predicted molar refractivity (Wildman–Crippen MR) is 68.9 cm³/mol. The van der Waals surface area contributed by atoms with Crippen molar-refractivity contribution in [2.24, 2.45) is 0 Å². The molecule has 0 aliphatic carbocycles. The van der Waals surface area contributed by atoms with E-state index in [1.165, 1.54) is 5.57 Å². The van der Waals surface area contributed by atoms with Gasteiger partial charge in [0.2, 0.25) is 0 Å². The third-order valence-corrected chi connectivity index (χ3v) is 1.99. The van der Waals surface area contributed by atoms with Crippen LogP contribution in [0.4, 0.5) is 4.79 Å². The number of carbonyl (C=O) groups is 1. The van der Waals surface area contributed by atoms with Crippen LogP contribution in [-0.2, 0) is 9.47 Å². The summed E-state index contributed by atoms with van der Waals surface area (Å²) in [6, 6.07) is 0. The lowest BCUT2D eigenvalue weighted by Crippen LogP contribution is -2.32. The molecular formula is C13H25NO3. The average Bonchev–Trinajstić information content (AvgIpc) is 2.14. The number of hydrogen-bond acceptors (Lipinski definition) is 3. The molecule has 0 saturated carbocycles. The average molecular weight is 243 g/mol. The molecule has 0 aromatic carbocycles. The zero-order valence-electron chi connectivity index (χ0n) is 11.6. The molecule has 0 saturated heterocycles. The van der Waals surface area contributed by atoms with Crippen molar-refractivity contribution in [3.63, 3.8) is 0 Å². The van der Waals surface area contributed by atoms with Crippen LogP contribution in [0.3, 0.4) is 0 Å². The first-order valence-corrected chi connectivity index (χ1v) is 6.00. The molecule has 0 heterocycles. The second kappa shape index (κ2) is 7.98. The molecule has 0 atom stereocenters. The van der Waals surface area contributed by atoms with Crippen molar-refractivity contribution in [3.8, 4) is 0 Å². The number of rotatable bonds is 6. The van der Waals surface area contributed by atoms with Gasteiger partial charge < -0.3 is 14.8 Å². The maximum Gasteiger partial charge on any atom is 0.407 e. The topological polar surface area (TPSA) is 47.6 Å². The zero-order chi connectivity index (χ0) is 13.3. The molecule has 0 bridgehead atoms. The highest BCUT2D eigenvalue weighted by molar-refractivity contribution is 5.67. The Morgan fingerprint density at radius 2 is 1.94 bits per heavy atom. The molecule has 0 aliphatic rings. The minimum atomic E-state index is -0.429. The van der Waals surface area contributed by atoms with E-state index in [-0.39, 0.29) is 6.09 Å². The molecule has 0 aliphatic heterocycles. The molecule has 4 nitrogen and oxygen atoms in total. The van der Waals surface area contributed by atoms with Crippen LogP contribution in [0.25, 0.3) is 0 Å². The van der Waals surface area contributed by atoms with Crippen molar-refractivity contribution in [1.82, 2.24) is 5.32 Å². The Balaban J connectivity index is 3.52. The molecule has 1 amide bonds. The fourth-order valence-electron chi connectivity index (χ4n) is 1.29. The number of ether oxygens (including phenoxy) is 2. The van der Waals surface area contributed by atoms with Gasteiger partial charge in [0, 0.05) is 6.54 Å². The number of methoxy groups -OCH3 is 1. The lowest BCUT2D eigenvalue weighted by atomic mass is 10.1. The van der Waals surface area contributed by atoms with Gasteiger partial charge >= 0.3 is 6.09 Å². The van der Waals surface area contributed by atoms with Gasteiger partial charge in [-0.05, 0) is 52.5 Å². The maximum absolute atomic E-state index is 11.3. The highest BCUT2D eigenvalue weighted by Gasteiger charge is 2.15. The predicted octanol–water partition coefficient (Wildman–Crippen LogP) is 3.23. The Bertz CT molecular complexity index is 254. The van der Waals surface area contributed by atoms with E-state index in [0.717, 1.165) is 19.3 Å². The minimum absolute atomic E-state index is 0.346. The largest absolute Gasteiger partial charge is 0.504 e. The van der Waals surface area contributed by atoms with Gasteiger partial charge in [-0.15, -0.1) is 0 Å². The molecule has 0 fully saturated rings. The molecule has 0 radical (unpaired) electrons. The van der Waals surface area contributed by atoms with Crippen molar-refractivity contribution in [2.45, 2.75) is 52.6 Å². The summed E-state index contributed by atoms with van der Waals surface area (Å²) in [7, 11) is 1.65. The van der Waals surface area contributed by atoms with Crippen molar-refractivity contribution in [3.05, 3.63) is 11.8 Å². The van der Waals surface area contributed by atoms with Gasteiger partial charge in [-0.2, -0.15) is 0 Å². The van der Waals surface area contributed by atoms with Crippen LogP contribution < -0.4 is 5.32 Å². The Labute approximate surface area is 104 Å². The van der Waals surface area contributed by atoms with E-state index >= 15 is 0 Å². The summed E-state index contributed by atoms with van der Waals surface area (Å²) < 4.78 is 10.0. The summed E-state index contributed by atoms with van der Waals surface area (Å²) >= 11 is 0. The van der Waals surface area contributed by atoms with E-state index < -0.39 is 5.60 Å². The number of unbranched alkanes of at least 4 members (excludes halogenated alkanes) is 1. The van der Waals surface area contributed by atoms with Crippen molar-refractivity contribution in [1.29, 1.82) is 0 Å². The maximum atomic E-state index is 11.3. The molecule has 0 aromatic rings. The fraction of sp³-hybridized carbons (Fsp3) is 0.769. The Kier molecular flexibility index (Phi) is 7.42. The van der Waals surface area contributed by atoms with Crippen LogP contribution in [0.5, 0.6) is 0 Å². The van der Waals surface area contributed by atoms with Gasteiger partial charge in [0.25, 0.3) is 0 Å². The first-order valence-electron chi connectivity index (χ1n) is 6.00. The molecule has 100 valence electrons. The number of amides is 1. The summed E-state index contributed by atoms with van der Waals surface area (Å²) in [5.41, 5.74) is 0.784. The third kappa shape index (κ3) is 11.1. The smallest absolute Gasteiger partial charge is 0.407 e. The van der Waals surface area contributed by atoms with E-state index in [0.29, 0.717) is 6.54 Å².